The number of nitrogens with zero attached hydrogens (tertiary/aromatic N) is 1. The molecule has 0 spiro atoms. The maximum atomic E-state index is 6.06. The summed E-state index contributed by atoms with van der Waals surface area (Å²) in [5, 5.41) is 2.95. The number of rotatable bonds is 2. The lowest BCUT2D eigenvalue weighted by molar-refractivity contribution is 0.630. The SMILES string of the molecule is CC1c2ccsc2CCN1c1ccc(Cl)cc1CN. The van der Waals surface area contributed by atoms with E-state index in [1.165, 1.54) is 16.1 Å². The fourth-order valence-electron chi connectivity index (χ4n) is 2.84. The fourth-order valence-corrected chi connectivity index (χ4v) is 3.99. The minimum Gasteiger partial charge on any atom is -0.364 e. The highest BCUT2D eigenvalue weighted by atomic mass is 35.5. The van der Waals surface area contributed by atoms with E-state index in [0.29, 0.717) is 12.6 Å². The van der Waals surface area contributed by atoms with E-state index < -0.39 is 0 Å². The van der Waals surface area contributed by atoms with Crippen LogP contribution >= 0.6 is 22.9 Å². The van der Waals surface area contributed by atoms with E-state index in [1.54, 1.807) is 0 Å². The minimum atomic E-state index is 0.404. The molecule has 2 heterocycles. The Bertz CT molecular complexity index is 594. The van der Waals surface area contributed by atoms with E-state index in [2.05, 4.69) is 29.3 Å². The zero-order valence-electron chi connectivity index (χ0n) is 10.9. The van der Waals surface area contributed by atoms with E-state index in [0.717, 1.165) is 23.6 Å². The molecule has 1 unspecified atom stereocenters. The lowest BCUT2D eigenvalue weighted by Crippen LogP contribution is -2.34. The highest BCUT2D eigenvalue weighted by molar-refractivity contribution is 7.10. The van der Waals surface area contributed by atoms with Crippen LogP contribution in [0.3, 0.4) is 0 Å². The summed E-state index contributed by atoms with van der Waals surface area (Å²) in [5.41, 5.74) is 9.66. The molecule has 3 rings (SSSR count). The monoisotopic (exact) mass is 292 g/mol. The van der Waals surface area contributed by atoms with Gasteiger partial charge in [0.15, 0.2) is 0 Å². The predicted molar refractivity (Wildman–Crippen MR) is 83.1 cm³/mol. The van der Waals surface area contributed by atoms with Crippen molar-refractivity contribution in [2.45, 2.75) is 25.9 Å². The second-order valence-corrected chi connectivity index (χ2v) is 6.33. The molecule has 4 heteroatoms. The van der Waals surface area contributed by atoms with E-state index in [4.69, 9.17) is 17.3 Å². The van der Waals surface area contributed by atoms with Crippen LogP contribution in [0.1, 0.15) is 29.0 Å². The van der Waals surface area contributed by atoms with Crippen LogP contribution in [-0.4, -0.2) is 6.54 Å². The van der Waals surface area contributed by atoms with Gasteiger partial charge in [0.25, 0.3) is 0 Å². The van der Waals surface area contributed by atoms with Gasteiger partial charge in [-0.2, -0.15) is 0 Å². The Morgan fingerprint density at radius 3 is 3.05 bits per heavy atom. The van der Waals surface area contributed by atoms with Crippen LogP contribution in [0.25, 0.3) is 0 Å². The van der Waals surface area contributed by atoms with Gasteiger partial charge in [0, 0.05) is 28.7 Å². The van der Waals surface area contributed by atoms with Crippen LogP contribution in [0.5, 0.6) is 0 Å². The molecule has 0 fully saturated rings. The van der Waals surface area contributed by atoms with Gasteiger partial charge in [0.2, 0.25) is 0 Å². The molecule has 0 aliphatic carbocycles. The van der Waals surface area contributed by atoms with Gasteiger partial charge in [-0.25, -0.2) is 0 Å². The van der Waals surface area contributed by atoms with Gasteiger partial charge in [-0.3, -0.25) is 0 Å². The maximum Gasteiger partial charge on any atom is 0.0525 e. The summed E-state index contributed by atoms with van der Waals surface area (Å²) in [7, 11) is 0. The molecule has 1 aliphatic rings. The number of hydrogen-bond donors (Lipinski definition) is 1. The quantitative estimate of drug-likeness (QED) is 0.907. The van der Waals surface area contributed by atoms with Gasteiger partial charge < -0.3 is 10.6 Å². The Morgan fingerprint density at radius 2 is 2.26 bits per heavy atom. The Kier molecular flexibility index (Phi) is 3.52. The summed E-state index contributed by atoms with van der Waals surface area (Å²) in [6, 6.07) is 8.67. The van der Waals surface area contributed by atoms with E-state index >= 15 is 0 Å². The van der Waals surface area contributed by atoms with Gasteiger partial charge in [0.1, 0.15) is 0 Å². The summed E-state index contributed by atoms with van der Waals surface area (Å²) in [6.07, 6.45) is 1.12. The zero-order valence-corrected chi connectivity index (χ0v) is 12.5. The molecular formula is C15H17ClN2S. The van der Waals surface area contributed by atoms with Gasteiger partial charge in [-0.05, 0) is 54.1 Å². The topological polar surface area (TPSA) is 29.3 Å². The van der Waals surface area contributed by atoms with E-state index in [-0.39, 0.29) is 0 Å². The Labute approximate surface area is 122 Å². The lowest BCUT2D eigenvalue weighted by atomic mass is 9.99. The molecule has 1 aliphatic heterocycles. The first-order valence-corrected chi connectivity index (χ1v) is 7.78. The van der Waals surface area contributed by atoms with Crippen LogP contribution in [0.2, 0.25) is 5.02 Å². The van der Waals surface area contributed by atoms with Gasteiger partial charge in [-0.1, -0.05) is 11.6 Å². The first-order valence-electron chi connectivity index (χ1n) is 6.52. The van der Waals surface area contributed by atoms with Crippen molar-refractivity contribution in [2.75, 3.05) is 11.4 Å². The number of nitrogens with two attached hydrogens (primary N) is 1. The van der Waals surface area contributed by atoms with Crippen molar-refractivity contribution in [3.8, 4) is 0 Å². The third-order valence-electron chi connectivity index (χ3n) is 3.85. The number of hydrogen-bond acceptors (Lipinski definition) is 3. The zero-order chi connectivity index (χ0) is 13.4. The molecule has 100 valence electrons. The number of thiophene rings is 1. The number of fused-ring (bicyclic) bond motifs is 1. The minimum absolute atomic E-state index is 0.404. The summed E-state index contributed by atoms with van der Waals surface area (Å²) in [4.78, 5) is 3.96. The molecule has 2 nitrogen and oxygen atoms in total. The normalized spacial score (nSPS) is 18.5. The fraction of sp³-hybridized carbons (Fsp3) is 0.333. The predicted octanol–water partition coefficient (Wildman–Crippen LogP) is 3.98. The van der Waals surface area contributed by atoms with Crippen molar-refractivity contribution in [1.82, 2.24) is 0 Å². The standard InChI is InChI=1S/C15H17ClN2S/c1-10-13-5-7-19-15(13)4-6-18(10)14-3-2-12(16)8-11(14)9-17/h2-3,5,7-8,10H,4,6,9,17H2,1H3. The molecule has 1 aromatic heterocycles. The summed E-state index contributed by atoms with van der Waals surface area (Å²) in [5.74, 6) is 0. The van der Waals surface area contributed by atoms with Crippen molar-refractivity contribution in [3.63, 3.8) is 0 Å². The Morgan fingerprint density at radius 1 is 1.42 bits per heavy atom. The average Bonchev–Trinajstić information content (AvgIpc) is 2.89. The highest BCUT2D eigenvalue weighted by Crippen LogP contribution is 2.37. The highest BCUT2D eigenvalue weighted by Gasteiger charge is 2.26. The number of anilines is 1. The molecule has 0 saturated heterocycles. The number of benzene rings is 1. The molecule has 1 atom stereocenters. The first-order chi connectivity index (χ1) is 9.20. The second-order valence-electron chi connectivity index (χ2n) is 4.90. The van der Waals surface area contributed by atoms with Crippen LogP contribution in [0, 0.1) is 0 Å². The first kappa shape index (κ1) is 13.0. The second kappa shape index (κ2) is 5.16. The summed E-state index contributed by atoms with van der Waals surface area (Å²) < 4.78 is 0. The van der Waals surface area contributed by atoms with Crippen LogP contribution < -0.4 is 10.6 Å². The van der Waals surface area contributed by atoms with Crippen molar-refractivity contribution >= 4 is 28.6 Å². The third-order valence-corrected chi connectivity index (χ3v) is 5.08. The molecule has 0 bridgehead atoms. The maximum absolute atomic E-state index is 6.06. The third kappa shape index (κ3) is 2.27. The average molecular weight is 293 g/mol. The van der Waals surface area contributed by atoms with Crippen LogP contribution in [-0.2, 0) is 13.0 Å². The van der Waals surface area contributed by atoms with Crippen molar-refractivity contribution in [3.05, 3.63) is 50.7 Å². The van der Waals surface area contributed by atoms with Crippen molar-refractivity contribution < 1.29 is 0 Å². The van der Waals surface area contributed by atoms with E-state index in [9.17, 15) is 0 Å². The van der Waals surface area contributed by atoms with E-state index in [1.807, 2.05) is 23.5 Å². The van der Waals surface area contributed by atoms with Gasteiger partial charge >= 0.3 is 0 Å². The Balaban J connectivity index is 2.00. The largest absolute Gasteiger partial charge is 0.364 e. The van der Waals surface area contributed by atoms with Crippen LogP contribution in [0.4, 0.5) is 5.69 Å². The van der Waals surface area contributed by atoms with Gasteiger partial charge in [0.05, 0.1) is 6.04 Å². The van der Waals surface area contributed by atoms with Crippen molar-refractivity contribution in [1.29, 1.82) is 0 Å². The van der Waals surface area contributed by atoms with Crippen LogP contribution in [0.15, 0.2) is 29.6 Å². The molecule has 19 heavy (non-hydrogen) atoms. The smallest absolute Gasteiger partial charge is 0.0525 e. The number of halogens is 1. The molecule has 0 saturated carbocycles. The summed E-state index contributed by atoms with van der Waals surface area (Å²) in [6.45, 7) is 3.83. The van der Waals surface area contributed by atoms with Gasteiger partial charge in [-0.15, -0.1) is 11.3 Å². The molecule has 2 N–H and O–H groups in total. The summed E-state index contributed by atoms with van der Waals surface area (Å²) >= 11 is 7.93. The lowest BCUT2D eigenvalue weighted by Gasteiger charge is -2.36. The Hall–Kier alpha value is -1.03. The molecular weight excluding hydrogens is 276 g/mol. The molecule has 0 amide bonds. The van der Waals surface area contributed by atoms with Crippen molar-refractivity contribution in [2.24, 2.45) is 5.73 Å². The molecule has 2 aromatic rings. The molecule has 1 aromatic carbocycles. The molecule has 0 radical (unpaired) electrons.